The number of aliphatic hydroxyl groups is 2. The zero-order valence-electron chi connectivity index (χ0n) is 25.6. The molecule has 0 fully saturated rings. The van der Waals surface area contributed by atoms with E-state index in [4.69, 9.17) is 14.9 Å². The summed E-state index contributed by atoms with van der Waals surface area (Å²) in [4.78, 5) is 11.9. The van der Waals surface area contributed by atoms with Crippen molar-refractivity contribution in [1.82, 2.24) is 5.09 Å². The summed E-state index contributed by atoms with van der Waals surface area (Å²) >= 11 is 0. The number of halogens is 5. The number of allylic oxidation sites excluding steroid dienone is 3. The minimum Gasteiger partial charge on any atom is -0.508 e. The second-order valence-corrected chi connectivity index (χ2v) is 9.06. The Morgan fingerprint density at radius 1 is 0.951 bits per heavy atom. The normalized spacial score (nSPS) is 12.4. The highest BCUT2D eigenvalue weighted by Gasteiger charge is 2.27. The first kappa shape index (κ1) is 43.2. The van der Waals surface area contributed by atoms with Gasteiger partial charge < -0.3 is 19.5 Å². The van der Waals surface area contributed by atoms with Crippen molar-refractivity contribution < 1.29 is 47.6 Å². The van der Waals surface area contributed by atoms with Crippen LogP contribution in [0.3, 0.4) is 0 Å². The van der Waals surface area contributed by atoms with Gasteiger partial charge in [0.2, 0.25) is 34.8 Å². The molecular weight excluding hydrogens is 568 g/mol. The lowest BCUT2D eigenvalue weighted by Crippen LogP contribution is -2.32. The van der Waals surface area contributed by atoms with Crippen LogP contribution in [0, 0.1) is 35.0 Å². The van der Waals surface area contributed by atoms with E-state index in [2.05, 4.69) is 23.5 Å². The van der Waals surface area contributed by atoms with Crippen LogP contribution in [0.1, 0.15) is 94.8 Å². The Hall–Kier alpha value is -2.23. The van der Waals surface area contributed by atoms with Gasteiger partial charge in [-0.15, -0.1) is 0 Å². The van der Waals surface area contributed by atoms with E-state index in [1.165, 1.54) is 13.3 Å². The van der Waals surface area contributed by atoms with Gasteiger partial charge in [0.15, 0.2) is 0 Å². The molecule has 0 heterocycles. The number of carbonyl (C=O) groups is 1. The quantitative estimate of drug-likeness (QED) is 0.0753. The Labute approximate surface area is 245 Å². The lowest BCUT2D eigenvalue weighted by Gasteiger charge is -2.18. The molecule has 1 aromatic carbocycles. The summed E-state index contributed by atoms with van der Waals surface area (Å²) in [6, 6.07) is -0.881. The van der Waals surface area contributed by atoms with Crippen LogP contribution in [0.4, 0.5) is 22.0 Å². The average Bonchev–Trinajstić information content (AvgIpc) is 2.98. The molecule has 0 saturated heterocycles. The molecule has 0 aromatic heterocycles. The van der Waals surface area contributed by atoms with Crippen molar-refractivity contribution in [3.05, 3.63) is 53.1 Å². The molecule has 2 rings (SSSR count). The van der Waals surface area contributed by atoms with Crippen LogP contribution in [0.5, 0.6) is 5.75 Å². The molecule has 1 aliphatic carbocycles. The summed E-state index contributed by atoms with van der Waals surface area (Å²) in [6.07, 6.45) is 12.6. The van der Waals surface area contributed by atoms with E-state index in [0.29, 0.717) is 5.76 Å². The molecule has 0 bridgehead atoms. The van der Waals surface area contributed by atoms with Gasteiger partial charge >= 0.3 is 5.97 Å². The Morgan fingerprint density at radius 3 is 1.78 bits per heavy atom. The number of aliphatic hydroxyl groups excluding tert-OH is 2. The zero-order valence-corrected chi connectivity index (χ0v) is 26.6. The molecule has 1 aromatic rings. The van der Waals surface area contributed by atoms with Crippen molar-refractivity contribution in [3.8, 4) is 5.75 Å². The number of ether oxygens (including phenoxy) is 1. The summed E-state index contributed by atoms with van der Waals surface area (Å²) in [5.74, 6) is -11.9. The van der Waals surface area contributed by atoms with Crippen LogP contribution in [-0.4, -0.2) is 35.9 Å². The summed E-state index contributed by atoms with van der Waals surface area (Å²) in [7, 11) is 0.0781. The van der Waals surface area contributed by atoms with Crippen molar-refractivity contribution >= 4 is 14.9 Å². The van der Waals surface area contributed by atoms with Gasteiger partial charge in [-0.2, -0.15) is 8.78 Å². The Bertz CT molecular complexity index is 859. The number of nitrogens with one attached hydrogen (secondary N) is 1. The molecule has 1 unspecified atom stereocenters. The standard InChI is InChI=1S/C17H23F5NO3P.C6H8O.C3H8.C2H6.CH4O.H2/c1-4-6-10(7-5-2)8-25-17(24)9(3)23-27-26-16-14(21)12(19)11(18)13(20)15(16)22;7-6-4-2-1-3-5-6;1-3-2;2*1-2;/h9-10,23,27H,4-8H2,1-3H3;2,4-5,7H,1,3H2;3H2,1-2H3;1-2H3;2H,1H3;1H/t9-;;;;;/m0...../s1. The lowest BCUT2D eigenvalue weighted by molar-refractivity contribution is -0.146. The van der Waals surface area contributed by atoms with Gasteiger partial charge in [0.1, 0.15) is 20.8 Å². The average molecular weight is 620 g/mol. The number of hydrogen-bond donors (Lipinski definition) is 3. The van der Waals surface area contributed by atoms with E-state index in [9.17, 15) is 26.7 Å². The lowest BCUT2D eigenvalue weighted by atomic mass is 9.99. The Balaban J connectivity index is -0.000000399. The third kappa shape index (κ3) is 18.7. The van der Waals surface area contributed by atoms with Crippen LogP contribution in [0.15, 0.2) is 24.0 Å². The molecule has 242 valence electrons. The van der Waals surface area contributed by atoms with Gasteiger partial charge in [-0.3, -0.25) is 9.88 Å². The van der Waals surface area contributed by atoms with E-state index < -0.39 is 55.8 Å². The molecule has 1 aliphatic rings. The summed E-state index contributed by atoms with van der Waals surface area (Å²) in [5.41, 5.74) is 0. The highest BCUT2D eigenvalue weighted by molar-refractivity contribution is 7.30. The molecule has 0 amide bonds. The summed E-state index contributed by atoms with van der Waals surface area (Å²) < 4.78 is 75.9. The first-order chi connectivity index (χ1) is 19.5. The monoisotopic (exact) mass is 619 g/mol. The molecule has 3 N–H and O–H groups in total. The largest absolute Gasteiger partial charge is 0.508 e. The second-order valence-electron chi connectivity index (χ2n) is 8.36. The van der Waals surface area contributed by atoms with Crippen molar-refractivity contribution in [2.24, 2.45) is 5.92 Å². The van der Waals surface area contributed by atoms with Crippen LogP contribution in [0.2, 0.25) is 0 Å². The first-order valence-electron chi connectivity index (χ1n) is 13.9. The van der Waals surface area contributed by atoms with Gasteiger partial charge in [-0.1, -0.05) is 66.9 Å². The number of hydrogen-bond acceptors (Lipinski definition) is 6. The van der Waals surface area contributed by atoms with Crippen LogP contribution in [-0.2, 0) is 9.53 Å². The second kappa shape index (κ2) is 27.9. The molecule has 0 saturated carbocycles. The highest BCUT2D eigenvalue weighted by Crippen LogP contribution is 2.32. The van der Waals surface area contributed by atoms with E-state index >= 15 is 0 Å². The van der Waals surface area contributed by atoms with Crippen molar-refractivity contribution in [2.75, 3.05) is 13.7 Å². The third-order valence-corrected chi connectivity index (χ3v) is 5.64. The molecule has 6 nitrogen and oxygen atoms in total. The van der Waals surface area contributed by atoms with Gasteiger partial charge in [0, 0.05) is 8.54 Å². The van der Waals surface area contributed by atoms with E-state index in [0.717, 1.165) is 45.6 Å². The van der Waals surface area contributed by atoms with Crippen molar-refractivity contribution in [2.45, 2.75) is 99.5 Å². The fourth-order valence-corrected chi connectivity index (χ4v) is 3.59. The maximum absolute atomic E-state index is 13.5. The molecular formula is C29H51F5NO5P. The molecule has 0 radical (unpaired) electrons. The smallest absolute Gasteiger partial charge is 0.323 e. The highest BCUT2D eigenvalue weighted by atomic mass is 31.1. The van der Waals surface area contributed by atoms with E-state index in [1.807, 2.05) is 39.8 Å². The van der Waals surface area contributed by atoms with Crippen molar-refractivity contribution in [1.29, 1.82) is 0 Å². The van der Waals surface area contributed by atoms with Crippen LogP contribution < -0.4 is 9.61 Å². The predicted octanol–water partition coefficient (Wildman–Crippen LogP) is 9.08. The van der Waals surface area contributed by atoms with Gasteiger partial charge in [-0.05, 0) is 50.7 Å². The maximum atomic E-state index is 13.5. The van der Waals surface area contributed by atoms with Crippen LogP contribution in [0.25, 0.3) is 0 Å². The summed E-state index contributed by atoms with van der Waals surface area (Å²) in [5, 5.41) is 18.2. The molecule has 41 heavy (non-hydrogen) atoms. The summed E-state index contributed by atoms with van der Waals surface area (Å²) in [6.45, 7) is 14.0. The number of esters is 1. The van der Waals surface area contributed by atoms with Gasteiger partial charge in [0.25, 0.3) is 0 Å². The fraction of sp³-hybridized carbons (Fsp3) is 0.621. The number of benzene rings is 1. The van der Waals surface area contributed by atoms with E-state index in [-0.39, 0.29) is 14.0 Å². The third-order valence-electron chi connectivity index (χ3n) is 4.78. The van der Waals surface area contributed by atoms with Crippen molar-refractivity contribution in [3.63, 3.8) is 0 Å². The Kier molecular flexibility index (Phi) is 29.4. The number of carbonyl (C=O) groups excluding carboxylic acids is 1. The maximum Gasteiger partial charge on any atom is 0.323 e. The molecule has 0 aliphatic heterocycles. The minimum atomic E-state index is -2.26. The molecule has 12 heteroatoms. The van der Waals surface area contributed by atoms with Crippen LogP contribution >= 0.6 is 8.96 Å². The zero-order chi connectivity index (χ0) is 32.4. The molecule has 2 atom stereocenters. The molecule has 0 spiro atoms. The predicted molar refractivity (Wildman–Crippen MR) is 159 cm³/mol. The topological polar surface area (TPSA) is 88.0 Å². The van der Waals surface area contributed by atoms with Gasteiger partial charge in [-0.25, -0.2) is 13.2 Å². The fourth-order valence-electron chi connectivity index (χ4n) is 2.95. The minimum absolute atomic E-state index is 0. The van der Waals surface area contributed by atoms with E-state index in [1.54, 1.807) is 6.08 Å². The van der Waals surface area contributed by atoms with Gasteiger partial charge in [0.05, 0.1) is 6.61 Å². The Morgan fingerprint density at radius 2 is 1.41 bits per heavy atom. The SMILES string of the molecule is CC.CCC.CCCC(CCC)COC(=O)[C@H](C)NPOc1c(F)c(F)c(F)c(F)c1F.CO.OC1=CCCC=C1.[HH]. The first-order valence-corrected chi connectivity index (χ1v) is 14.8. The number of rotatable bonds is 11.